The molecule has 0 aliphatic rings. The summed E-state index contributed by atoms with van der Waals surface area (Å²) in [5.41, 5.74) is 0.323. The minimum Gasteiger partial charge on any atom is -0.507 e. The molecule has 2 aromatic carbocycles. The monoisotopic (exact) mass is 350 g/mol. The lowest BCUT2D eigenvalue weighted by molar-refractivity contribution is 0.340. The third-order valence-corrected chi connectivity index (χ3v) is 4.29. The number of hydrogen-bond acceptors (Lipinski definition) is 6. The fraction of sp³-hybridized carbons (Fsp3) is 0.188. The molecule has 0 aliphatic heterocycles. The van der Waals surface area contributed by atoms with Crippen LogP contribution >= 0.6 is 0 Å². The third kappa shape index (κ3) is 4.39. The average molecular weight is 350 g/mol. The summed E-state index contributed by atoms with van der Waals surface area (Å²) in [6.07, 6.45) is 1.20. The van der Waals surface area contributed by atoms with Gasteiger partial charge in [-0.05, 0) is 49.4 Å². The maximum absolute atomic E-state index is 12.1. The van der Waals surface area contributed by atoms with Crippen LogP contribution in [-0.2, 0) is 10.0 Å². The van der Waals surface area contributed by atoms with Crippen LogP contribution in [-0.4, -0.2) is 33.5 Å². The number of phenols is 1. The van der Waals surface area contributed by atoms with Crippen LogP contribution in [0.5, 0.6) is 17.2 Å². The first-order chi connectivity index (χ1) is 11.5. The molecular weight excluding hydrogens is 332 g/mol. The molecule has 0 saturated carbocycles. The number of aromatic hydroxyl groups is 1. The Balaban J connectivity index is 2.12. The van der Waals surface area contributed by atoms with Crippen molar-refractivity contribution < 1.29 is 23.0 Å². The molecule has 0 heterocycles. The largest absolute Gasteiger partial charge is 0.507 e. The van der Waals surface area contributed by atoms with Crippen molar-refractivity contribution in [2.75, 3.05) is 13.7 Å². The van der Waals surface area contributed by atoms with E-state index in [1.165, 1.54) is 37.6 Å². The second kappa shape index (κ2) is 7.69. The molecule has 0 bridgehead atoms. The number of rotatable bonds is 7. The third-order valence-electron chi connectivity index (χ3n) is 3.06. The minimum atomic E-state index is -3.81. The Hall–Kier alpha value is -2.74. The van der Waals surface area contributed by atoms with E-state index < -0.39 is 10.0 Å². The standard InChI is InChI=1S/C16H18N2O5S/c1-3-23-13-4-7-15(8-5-13)24(20,21)18-17-11-12-10-14(22-2)6-9-16(12)19/h4-11,18-19H,3H2,1-2H3. The van der Waals surface area contributed by atoms with E-state index >= 15 is 0 Å². The molecule has 0 saturated heterocycles. The fourth-order valence-electron chi connectivity index (χ4n) is 1.86. The topological polar surface area (TPSA) is 97.2 Å². The summed E-state index contributed by atoms with van der Waals surface area (Å²) in [4.78, 5) is 2.14. The van der Waals surface area contributed by atoms with E-state index in [4.69, 9.17) is 9.47 Å². The van der Waals surface area contributed by atoms with E-state index in [0.717, 1.165) is 0 Å². The van der Waals surface area contributed by atoms with Gasteiger partial charge in [-0.1, -0.05) is 0 Å². The molecular formula is C16H18N2O5S. The van der Waals surface area contributed by atoms with E-state index in [1.54, 1.807) is 18.2 Å². The van der Waals surface area contributed by atoms with Gasteiger partial charge in [0, 0.05) is 5.56 Å². The Morgan fingerprint density at radius 2 is 1.83 bits per heavy atom. The number of benzene rings is 2. The normalized spacial score (nSPS) is 11.4. The highest BCUT2D eigenvalue weighted by atomic mass is 32.2. The first kappa shape index (κ1) is 17.6. The van der Waals surface area contributed by atoms with Crippen molar-refractivity contribution in [2.45, 2.75) is 11.8 Å². The summed E-state index contributed by atoms with van der Waals surface area (Å²) in [5, 5.41) is 13.4. The van der Waals surface area contributed by atoms with Crippen LogP contribution in [0.15, 0.2) is 52.5 Å². The van der Waals surface area contributed by atoms with Crippen molar-refractivity contribution in [3.05, 3.63) is 48.0 Å². The number of ether oxygens (including phenoxy) is 2. The van der Waals surface area contributed by atoms with Crippen molar-refractivity contribution in [3.8, 4) is 17.2 Å². The molecule has 0 radical (unpaired) electrons. The van der Waals surface area contributed by atoms with Crippen LogP contribution in [0.4, 0.5) is 0 Å². The summed E-state index contributed by atoms with van der Waals surface area (Å²) in [7, 11) is -2.32. The molecule has 7 nitrogen and oxygen atoms in total. The number of hydrazone groups is 1. The van der Waals surface area contributed by atoms with Gasteiger partial charge in [-0.2, -0.15) is 13.5 Å². The predicted molar refractivity (Wildman–Crippen MR) is 90.2 cm³/mol. The van der Waals surface area contributed by atoms with Crippen LogP contribution in [0.2, 0.25) is 0 Å². The molecule has 2 rings (SSSR count). The number of sulfonamides is 1. The summed E-state index contributed by atoms with van der Waals surface area (Å²) < 4.78 is 34.6. The van der Waals surface area contributed by atoms with Crippen LogP contribution in [0.25, 0.3) is 0 Å². The highest BCUT2D eigenvalue weighted by Crippen LogP contribution is 2.21. The zero-order chi connectivity index (χ0) is 17.6. The van der Waals surface area contributed by atoms with Crippen molar-refractivity contribution >= 4 is 16.2 Å². The number of methoxy groups -OCH3 is 1. The number of nitrogens with zero attached hydrogens (tertiary/aromatic N) is 1. The molecule has 8 heteroatoms. The van der Waals surface area contributed by atoms with Crippen molar-refractivity contribution in [1.29, 1.82) is 0 Å². The van der Waals surface area contributed by atoms with Gasteiger partial charge in [0.05, 0.1) is 24.8 Å². The molecule has 0 aliphatic carbocycles. The fourth-order valence-corrected chi connectivity index (χ4v) is 2.65. The Kier molecular flexibility index (Phi) is 5.64. The summed E-state index contributed by atoms with van der Waals surface area (Å²) >= 11 is 0. The predicted octanol–water partition coefficient (Wildman–Crippen LogP) is 2.11. The van der Waals surface area contributed by atoms with Gasteiger partial charge in [0.25, 0.3) is 10.0 Å². The zero-order valence-corrected chi connectivity index (χ0v) is 14.1. The van der Waals surface area contributed by atoms with Crippen LogP contribution in [0.3, 0.4) is 0 Å². The summed E-state index contributed by atoms with van der Waals surface area (Å²) in [6, 6.07) is 10.5. The number of nitrogens with one attached hydrogen (secondary N) is 1. The first-order valence-electron chi connectivity index (χ1n) is 7.11. The van der Waals surface area contributed by atoms with Crippen molar-refractivity contribution in [1.82, 2.24) is 4.83 Å². The molecule has 0 aromatic heterocycles. The molecule has 0 spiro atoms. The second-order valence-corrected chi connectivity index (χ2v) is 6.34. The van der Waals surface area contributed by atoms with Crippen molar-refractivity contribution in [2.24, 2.45) is 5.10 Å². The average Bonchev–Trinajstić information content (AvgIpc) is 2.57. The first-order valence-corrected chi connectivity index (χ1v) is 8.59. The Morgan fingerprint density at radius 3 is 2.46 bits per heavy atom. The van der Waals surface area contributed by atoms with Crippen molar-refractivity contribution in [3.63, 3.8) is 0 Å². The van der Waals surface area contributed by atoms with Gasteiger partial charge in [-0.25, -0.2) is 4.83 Å². The molecule has 0 amide bonds. The van der Waals surface area contributed by atoms with Crippen LogP contribution in [0.1, 0.15) is 12.5 Å². The van der Waals surface area contributed by atoms with Crippen LogP contribution in [0, 0.1) is 0 Å². The van der Waals surface area contributed by atoms with Gasteiger partial charge in [0.1, 0.15) is 17.2 Å². The highest BCUT2D eigenvalue weighted by molar-refractivity contribution is 7.89. The quantitative estimate of drug-likeness (QED) is 0.589. The molecule has 0 atom stereocenters. The maximum atomic E-state index is 12.1. The highest BCUT2D eigenvalue weighted by Gasteiger charge is 2.12. The Morgan fingerprint density at radius 1 is 1.17 bits per heavy atom. The van der Waals surface area contributed by atoms with E-state index in [0.29, 0.717) is 23.7 Å². The minimum absolute atomic E-state index is 0.0418. The summed E-state index contributed by atoms with van der Waals surface area (Å²) in [6.45, 7) is 2.34. The smallest absolute Gasteiger partial charge is 0.276 e. The van der Waals surface area contributed by atoms with E-state index in [9.17, 15) is 13.5 Å². The lowest BCUT2D eigenvalue weighted by atomic mass is 10.2. The molecule has 0 fully saturated rings. The van der Waals surface area contributed by atoms with E-state index in [1.807, 2.05) is 6.92 Å². The Labute approximate surface area is 140 Å². The summed E-state index contributed by atoms with van der Waals surface area (Å²) in [5.74, 6) is 1.06. The number of phenolic OH excluding ortho intramolecular Hbond substituents is 1. The Bertz CT molecular complexity index is 817. The van der Waals surface area contributed by atoms with Gasteiger partial charge in [0.2, 0.25) is 0 Å². The zero-order valence-electron chi connectivity index (χ0n) is 13.3. The SMILES string of the molecule is CCOc1ccc(S(=O)(=O)NN=Cc2cc(OC)ccc2O)cc1. The van der Waals surface area contributed by atoms with Gasteiger partial charge in [-0.15, -0.1) is 0 Å². The van der Waals surface area contributed by atoms with Crippen LogP contribution < -0.4 is 14.3 Å². The van der Waals surface area contributed by atoms with Gasteiger partial charge in [-0.3, -0.25) is 0 Å². The second-order valence-electron chi connectivity index (χ2n) is 4.68. The number of hydrogen-bond donors (Lipinski definition) is 2. The lowest BCUT2D eigenvalue weighted by Crippen LogP contribution is -2.18. The van der Waals surface area contributed by atoms with Gasteiger partial charge in [0.15, 0.2) is 0 Å². The molecule has 0 unspecified atom stereocenters. The molecule has 24 heavy (non-hydrogen) atoms. The lowest BCUT2D eigenvalue weighted by Gasteiger charge is -2.06. The van der Waals surface area contributed by atoms with Gasteiger partial charge >= 0.3 is 0 Å². The molecule has 2 aromatic rings. The van der Waals surface area contributed by atoms with Gasteiger partial charge < -0.3 is 14.6 Å². The van der Waals surface area contributed by atoms with E-state index in [-0.39, 0.29) is 10.6 Å². The van der Waals surface area contributed by atoms with E-state index in [2.05, 4.69) is 9.93 Å². The molecule has 128 valence electrons. The maximum Gasteiger partial charge on any atom is 0.276 e. The molecule has 2 N–H and O–H groups in total.